The highest BCUT2D eigenvalue weighted by Gasteiger charge is 2.44. The van der Waals surface area contributed by atoms with Crippen LogP contribution in [0.25, 0.3) is 0 Å². The standard InChI is InChI=1S/C24H38N4O5S.C9H8FNO2/c1-5-17(20(29)27-34-16-12-13-16)25-21(30)19-14-11-15-9-7-6-8-10-18(22(31)28(15)19)26-23(32)33-24(2,3)4;10-8-3-1-2-6-4-11(9(12)13)5-7(6)8/h5,15-19H,1,6-14H2,2-4H3,(H,25,30)(H,26,32)(H,27,29);1-3H,4-5H2,(H,12,13). The van der Waals surface area contributed by atoms with E-state index in [1.165, 1.54) is 29.0 Å². The molecule has 0 radical (unpaired) electrons. The Morgan fingerprint density at radius 1 is 1.06 bits per heavy atom. The Labute approximate surface area is 279 Å². The van der Waals surface area contributed by atoms with Gasteiger partial charge >= 0.3 is 12.2 Å². The van der Waals surface area contributed by atoms with Gasteiger partial charge in [0.1, 0.15) is 29.5 Å². The monoisotopic (exact) mass is 675 g/mol. The second kappa shape index (κ2) is 15.9. The lowest BCUT2D eigenvalue weighted by Gasteiger charge is -2.33. The van der Waals surface area contributed by atoms with Crippen LogP contribution in [0.4, 0.5) is 14.0 Å². The molecule has 12 nitrogen and oxygen atoms in total. The second-order valence-electron chi connectivity index (χ2n) is 13.4. The molecule has 3 heterocycles. The van der Waals surface area contributed by atoms with Crippen molar-refractivity contribution < 1.29 is 38.2 Å². The molecule has 3 fully saturated rings. The summed E-state index contributed by atoms with van der Waals surface area (Å²) in [4.78, 5) is 65.1. The lowest BCUT2D eigenvalue weighted by atomic mass is 10.0. The van der Waals surface area contributed by atoms with Gasteiger partial charge in [0, 0.05) is 23.4 Å². The molecule has 0 aromatic heterocycles. The molecule has 1 aliphatic carbocycles. The Balaban J connectivity index is 0.000000318. The number of nitrogens with one attached hydrogen (secondary N) is 3. The fourth-order valence-electron chi connectivity index (χ4n) is 5.94. The van der Waals surface area contributed by atoms with Gasteiger partial charge in [0.2, 0.25) is 11.8 Å². The largest absolute Gasteiger partial charge is 0.465 e. The van der Waals surface area contributed by atoms with E-state index in [2.05, 4.69) is 21.9 Å². The second-order valence-corrected chi connectivity index (χ2v) is 14.5. The van der Waals surface area contributed by atoms with Gasteiger partial charge in [0.05, 0.1) is 6.54 Å². The predicted molar refractivity (Wildman–Crippen MR) is 174 cm³/mol. The van der Waals surface area contributed by atoms with Gasteiger partial charge in [-0.05, 0) is 82.9 Å². The topological polar surface area (TPSA) is 157 Å². The number of alkyl carbamates (subject to hydrolysis) is 1. The third kappa shape index (κ3) is 10.1. The van der Waals surface area contributed by atoms with Crippen LogP contribution in [0.5, 0.6) is 0 Å². The van der Waals surface area contributed by atoms with Crippen LogP contribution < -0.4 is 15.4 Å². The molecule has 2 saturated heterocycles. The molecule has 3 aliphatic heterocycles. The third-order valence-electron chi connectivity index (χ3n) is 8.44. The van der Waals surface area contributed by atoms with Gasteiger partial charge in [0.25, 0.3) is 5.91 Å². The first-order chi connectivity index (χ1) is 22.3. The van der Waals surface area contributed by atoms with Crippen LogP contribution in [0.15, 0.2) is 30.9 Å². The normalized spacial score (nSPS) is 23.0. The van der Waals surface area contributed by atoms with E-state index in [0.29, 0.717) is 36.6 Å². The lowest BCUT2D eigenvalue weighted by molar-refractivity contribution is -0.142. The number of benzene rings is 1. The first-order valence-electron chi connectivity index (χ1n) is 16.2. The molecule has 14 heteroatoms. The molecule has 1 aromatic carbocycles. The highest BCUT2D eigenvalue weighted by Crippen LogP contribution is 2.33. The van der Waals surface area contributed by atoms with Gasteiger partial charge in [-0.3, -0.25) is 24.0 Å². The summed E-state index contributed by atoms with van der Waals surface area (Å²) in [5.41, 5.74) is 0.592. The number of ether oxygens (including phenoxy) is 1. The molecular weight excluding hydrogens is 629 g/mol. The Hall–Kier alpha value is -3.81. The van der Waals surface area contributed by atoms with Crippen molar-refractivity contribution in [2.75, 3.05) is 0 Å². The molecule has 1 saturated carbocycles. The number of carbonyl (C=O) groups excluding carboxylic acids is 4. The number of halogens is 1. The van der Waals surface area contributed by atoms with Gasteiger partial charge in [-0.1, -0.05) is 37.5 Å². The van der Waals surface area contributed by atoms with Crippen molar-refractivity contribution >= 4 is 41.9 Å². The van der Waals surface area contributed by atoms with Crippen LogP contribution >= 0.6 is 11.9 Å². The summed E-state index contributed by atoms with van der Waals surface area (Å²) in [6.45, 7) is 9.45. The highest BCUT2D eigenvalue weighted by atomic mass is 32.2. The van der Waals surface area contributed by atoms with Gasteiger partial charge < -0.3 is 25.4 Å². The quantitative estimate of drug-likeness (QED) is 0.241. The molecule has 0 spiro atoms. The molecule has 4 aliphatic rings. The van der Waals surface area contributed by atoms with Crippen molar-refractivity contribution in [3.8, 4) is 0 Å². The van der Waals surface area contributed by atoms with E-state index in [0.717, 1.165) is 44.1 Å². The first-order valence-corrected chi connectivity index (χ1v) is 17.1. The molecule has 5 amide bonds. The molecule has 4 N–H and O–H groups in total. The highest BCUT2D eigenvalue weighted by molar-refractivity contribution is 7.98. The van der Waals surface area contributed by atoms with Crippen LogP contribution in [0, 0.1) is 5.82 Å². The number of nitrogens with zero attached hydrogens (tertiary/aromatic N) is 2. The minimum Gasteiger partial charge on any atom is -0.465 e. The van der Waals surface area contributed by atoms with Crippen molar-refractivity contribution in [3.63, 3.8) is 0 Å². The molecule has 258 valence electrons. The Kier molecular flexibility index (Phi) is 12.2. The van der Waals surface area contributed by atoms with Crippen LogP contribution in [0.3, 0.4) is 0 Å². The zero-order valence-corrected chi connectivity index (χ0v) is 28.1. The smallest absolute Gasteiger partial charge is 0.408 e. The van der Waals surface area contributed by atoms with Crippen molar-refractivity contribution in [2.24, 2.45) is 0 Å². The van der Waals surface area contributed by atoms with Crippen molar-refractivity contribution in [3.05, 3.63) is 47.8 Å². The number of carboxylic acid groups (broad SMARTS) is 1. The lowest BCUT2D eigenvalue weighted by Crippen LogP contribution is -2.57. The maximum atomic E-state index is 13.6. The van der Waals surface area contributed by atoms with Crippen LogP contribution in [0.2, 0.25) is 0 Å². The van der Waals surface area contributed by atoms with Gasteiger partial charge in [-0.25, -0.2) is 14.0 Å². The summed E-state index contributed by atoms with van der Waals surface area (Å²) >= 11 is 1.37. The molecule has 47 heavy (non-hydrogen) atoms. The number of hydrogen-bond donors (Lipinski definition) is 4. The Morgan fingerprint density at radius 3 is 2.43 bits per heavy atom. The minimum atomic E-state index is -1.00. The molecule has 1 aromatic rings. The summed E-state index contributed by atoms with van der Waals surface area (Å²) < 4.78 is 21.2. The number of fused-ring (bicyclic) bond motifs is 2. The average Bonchev–Trinajstić information content (AvgIpc) is 3.54. The summed E-state index contributed by atoms with van der Waals surface area (Å²) in [5.74, 6) is -1.28. The van der Waals surface area contributed by atoms with Crippen molar-refractivity contribution in [1.82, 2.24) is 25.2 Å². The number of amides is 5. The van der Waals surface area contributed by atoms with Gasteiger partial charge in [-0.15, -0.1) is 6.58 Å². The average molecular weight is 676 g/mol. The molecule has 4 unspecified atom stereocenters. The maximum absolute atomic E-state index is 13.6. The maximum Gasteiger partial charge on any atom is 0.408 e. The molecular formula is C33H46FN5O7S. The van der Waals surface area contributed by atoms with E-state index in [9.17, 15) is 28.4 Å². The fraction of sp³-hybridized carbons (Fsp3) is 0.606. The van der Waals surface area contributed by atoms with Crippen LogP contribution in [0.1, 0.15) is 89.7 Å². The SMILES string of the molecule is C=CC(NC(=O)C1CCC2CCCCCC(NC(=O)OC(C)(C)C)C(=O)N21)C(=O)NSC1CC1.O=C(O)N1Cc2cccc(F)c2C1. The van der Waals surface area contributed by atoms with E-state index in [-0.39, 0.29) is 36.1 Å². The first kappa shape index (κ1) is 36.0. The summed E-state index contributed by atoms with van der Waals surface area (Å²) in [6, 6.07) is 2.32. The minimum absolute atomic E-state index is 0.0642. The molecule has 5 rings (SSSR count). The van der Waals surface area contributed by atoms with E-state index in [1.807, 2.05) is 0 Å². The third-order valence-corrected chi connectivity index (χ3v) is 9.57. The van der Waals surface area contributed by atoms with Crippen molar-refractivity contribution in [1.29, 1.82) is 0 Å². The Morgan fingerprint density at radius 2 is 1.79 bits per heavy atom. The summed E-state index contributed by atoms with van der Waals surface area (Å²) in [7, 11) is 0. The molecule has 4 atom stereocenters. The predicted octanol–water partition coefficient (Wildman–Crippen LogP) is 4.62. The van der Waals surface area contributed by atoms with Gasteiger partial charge in [0.15, 0.2) is 0 Å². The zero-order chi connectivity index (χ0) is 34.3. The van der Waals surface area contributed by atoms with Gasteiger partial charge in [-0.2, -0.15) is 0 Å². The Bertz CT molecular complexity index is 1350. The van der Waals surface area contributed by atoms with Crippen LogP contribution in [-0.4, -0.2) is 79.8 Å². The summed E-state index contributed by atoms with van der Waals surface area (Å²) in [5, 5.41) is 14.6. The van der Waals surface area contributed by atoms with Crippen LogP contribution in [-0.2, 0) is 32.2 Å². The zero-order valence-electron chi connectivity index (χ0n) is 27.3. The van der Waals surface area contributed by atoms with E-state index < -0.39 is 35.9 Å². The fourth-order valence-corrected chi connectivity index (χ4v) is 6.72. The number of carbonyl (C=O) groups is 5. The molecule has 0 bridgehead atoms. The number of hydrogen-bond acceptors (Lipinski definition) is 7. The van der Waals surface area contributed by atoms with Crippen molar-refractivity contribution in [2.45, 2.75) is 127 Å². The number of rotatable bonds is 7. The summed E-state index contributed by atoms with van der Waals surface area (Å²) in [6.07, 6.45) is 7.18. The van der Waals surface area contributed by atoms with E-state index >= 15 is 0 Å². The van der Waals surface area contributed by atoms with E-state index in [4.69, 9.17) is 9.84 Å². The van der Waals surface area contributed by atoms with E-state index in [1.54, 1.807) is 37.8 Å².